The first-order chi connectivity index (χ1) is 6.78. The van der Waals surface area contributed by atoms with E-state index >= 15 is 0 Å². The number of rotatable bonds is 6. The van der Waals surface area contributed by atoms with Gasteiger partial charge in [-0.25, -0.2) is 0 Å². The molecule has 0 N–H and O–H groups in total. The molecule has 0 aromatic carbocycles. The zero-order chi connectivity index (χ0) is 12.2. The van der Waals surface area contributed by atoms with Gasteiger partial charge in [0, 0.05) is 0 Å². The van der Waals surface area contributed by atoms with Gasteiger partial charge in [0.25, 0.3) is 0 Å². The fourth-order valence-corrected chi connectivity index (χ4v) is 15.6. The predicted molar refractivity (Wildman–Crippen MR) is 72.5 cm³/mol. The summed E-state index contributed by atoms with van der Waals surface area (Å²) in [5.74, 6) is 0. The van der Waals surface area contributed by atoms with E-state index in [4.69, 9.17) is 0 Å². The zero-order valence-corrected chi connectivity index (χ0v) is 14.8. The van der Waals surface area contributed by atoms with Crippen molar-refractivity contribution in [1.29, 1.82) is 0 Å². The summed E-state index contributed by atoms with van der Waals surface area (Å²) in [6.07, 6.45) is 0. The van der Waals surface area contributed by atoms with Crippen molar-refractivity contribution >= 4 is 18.9 Å². The number of hydrogen-bond acceptors (Lipinski definition) is 2. The molecule has 0 bridgehead atoms. The van der Waals surface area contributed by atoms with Gasteiger partial charge >= 0.3 is 102 Å². The fourth-order valence-electron chi connectivity index (χ4n) is 3.02. The average molecular weight is 321 g/mol. The minimum absolute atomic E-state index is 0.677. The first kappa shape index (κ1) is 15.7. The molecule has 0 aliphatic heterocycles. The van der Waals surface area contributed by atoms with Gasteiger partial charge in [0.15, 0.2) is 0 Å². The molecule has 0 amide bonds. The Hall–Kier alpha value is 0.719. The van der Waals surface area contributed by atoms with Crippen molar-refractivity contribution in [1.82, 2.24) is 6.24 Å². The van der Waals surface area contributed by atoms with E-state index in [0.29, 0.717) is 12.1 Å². The van der Waals surface area contributed by atoms with Gasteiger partial charge in [0.1, 0.15) is 0 Å². The Labute approximate surface area is 102 Å². The van der Waals surface area contributed by atoms with E-state index in [0.717, 1.165) is 0 Å². The van der Waals surface area contributed by atoms with Crippen molar-refractivity contribution in [3.63, 3.8) is 0 Å². The predicted octanol–water partition coefficient (Wildman–Crippen LogP) is 3.15. The maximum absolute atomic E-state index is 2.79. The summed E-state index contributed by atoms with van der Waals surface area (Å²) in [6, 6.07) is 1.35. The molecule has 0 unspecified atom stereocenters. The van der Waals surface area contributed by atoms with Crippen molar-refractivity contribution in [2.75, 3.05) is 13.1 Å². The first-order valence-corrected chi connectivity index (χ1v) is 14.6. The molecule has 0 aliphatic rings. The summed E-state index contributed by atoms with van der Waals surface area (Å²) < 4.78 is 5.52. The Morgan fingerprint density at radius 2 is 1.20 bits per heavy atom. The van der Waals surface area contributed by atoms with Crippen LogP contribution in [0.5, 0.6) is 0 Å². The van der Waals surface area contributed by atoms with E-state index in [1.165, 1.54) is 13.1 Å². The van der Waals surface area contributed by atoms with Crippen molar-refractivity contribution in [2.24, 2.45) is 0 Å². The topological polar surface area (TPSA) is 6.48 Å². The molecule has 0 aromatic rings. The molecule has 0 saturated heterocycles. The molecule has 0 heterocycles. The van der Waals surface area contributed by atoms with Crippen LogP contribution >= 0.6 is 0 Å². The average Bonchev–Trinajstić information content (AvgIpc) is 2.02. The fraction of sp³-hybridized carbons (Fsp3) is 1.00. The first-order valence-electron chi connectivity index (χ1n) is 6.32. The summed E-state index contributed by atoms with van der Waals surface area (Å²) >= 11 is -2.22. The van der Waals surface area contributed by atoms with E-state index in [1.54, 1.807) is 0 Å². The van der Waals surface area contributed by atoms with Gasteiger partial charge in [-0.05, 0) is 0 Å². The van der Waals surface area contributed by atoms with Crippen molar-refractivity contribution in [3.8, 4) is 0 Å². The second kappa shape index (κ2) is 6.45. The van der Waals surface area contributed by atoms with Gasteiger partial charge in [-0.1, -0.05) is 0 Å². The minimum atomic E-state index is -2.22. The Kier molecular flexibility index (Phi) is 6.76. The molecule has 0 aliphatic carbocycles. The van der Waals surface area contributed by atoms with Gasteiger partial charge in [0.2, 0.25) is 0 Å². The Morgan fingerprint density at radius 1 is 0.867 bits per heavy atom. The second-order valence-electron chi connectivity index (χ2n) is 5.26. The second-order valence-corrected chi connectivity index (χ2v) is 17.1. The molecular weight excluding hydrogens is 291 g/mol. The molecule has 0 atom stereocenters. The molecule has 0 aromatic heterocycles. The third kappa shape index (κ3) is 3.90. The summed E-state index contributed by atoms with van der Waals surface area (Å²) in [5, 5.41) is 0. The van der Waals surface area contributed by atoms with Crippen LogP contribution in [-0.4, -0.2) is 50.3 Å². The van der Waals surface area contributed by atoms with Crippen molar-refractivity contribution in [3.05, 3.63) is 0 Å². The molecule has 0 saturated carbocycles. The number of nitrogens with zero attached hydrogens (tertiary/aromatic N) is 2. The van der Waals surface area contributed by atoms with E-state index in [-0.39, 0.29) is 0 Å². The molecule has 0 spiro atoms. The van der Waals surface area contributed by atoms with E-state index in [1.807, 2.05) is 0 Å². The van der Waals surface area contributed by atoms with Crippen molar-refractivity contribution in [2.45, 2.75) is 63.5 Å². The molecule has 0 rings (SSSR count). The van der Waals surface area contributed by atoms with Gasteiger partial charge in [-0.2, -0.15) is 0 Å². The van der Waals surface area contributed by atoms with Gasteiger partial charge in [-0.15, -0.1) is 0 Å². The summed E-state index contributed by atoms with van der Waals surface area (Å²) in [7, 11) is 0. The maximum atomic E-state index is 2.79. The van der Waals surface area contributed by atoms with Crippen LogP contribution in [0, 0.1) is 0 Å². The monoisotopic (exact) mass is 322 g/mol. The van der Waals surface area contributed by atoms with E-state index in [9.17, 15) is 0 Å². The number of hydrogen-bond donors (Lipinski definition) is 0. The van der Waals surface area contributed by atoms with Gasteiger partial charge < -0.3 is 0 Å². The van der Waals surface area contributed by atoms with Crippen LogP contribution in [0.25, 0.3) is 0 Å². The molecule has 15 heavy (non-hydrogen) atoms. The molecule has 3 heteroatoms. The van der Waals surface area contributed by atoms with Crippen molar-refractivity contribution < 1.29 is 0 Å². The quantitative estimate of drug-likeness (QED) is 0.694. The van der Waals surface area contributed by atoms with Crippen LogP contribution in [0.4, 0.5) is 0 Å². The third-order valence-corrected chi connectivity index (χ3v) is 16.1. The SMILES string of the molecule is CC[N](CC)[Sn]([CH3])([CH3])[N](C(C)C)C(C)C. The summed E-state index contributed by atoms with van der Waals surface area (Å²) in [6.45, 7) is 16.3. The summed E-state index contributed by atoms with van der Waals surface area (Å²) in [5.41, 5.74) is 0. The molecule has 92 valence electrons. The summed E-state index contributed by atoms with van der Waals surface area (Å²) in [4.78, 5) is 5.09. The molecule has 0 radical (unpaired) electrons. The molecule has 0 fully saturated rings. The van der Waals surface area contributed by atoms with Crippen LogP contribution in [0.1, 0.15) is 41.5 Å². The zero-order valence-electron chi connectivity index (χ0n) is 12.0. The van der Waals surface area contributed by atoms with Crippen LogP contribution in [0.2, 0.25) is 9.88 Å². The van der Waals surface area contributed by atoms with Gasteiger partial charge in [0.05, 0.1) is 0 Å². The standard InChI is InChI=1S/C6H14N.C4H10N.2CH3.Sn/c1-5(2)7-6(3)4;1-3-5-4-2;;;/h5-6H,1-4H3;3-4H2,1-2H3;2*1H3;/q2*-1;;;+2. The Morgan fingerprint density at radius 3 is 1.40 bits per heavy atom. The molecular formula is C12H30N2Sn. The Balaban J connectivity index is 4.92. The third-order valence-electron chi connectivity index (χ3n) is 3.28. The van der Waals surface area contributed by atoms with Crippen LogP contribution in [-0.2, 0) is 0 Å². The van der Waals surface area contributed by atoms with Crippen LogP contribution in [0.3, 0.4) is 0 Å². The molecule has 2 nitrogen and oxygen atoms in total. The normalized spacial score (nSPS) is 13.6. The van der Waals surface area contributed by atoms with Crippen LogP contribution < -0.4 is 0 Å². The van der Waals surface area contributed by atoms with Crippen LogP contribution in [0.15, 0.2) is 0 Å². The van der Waals surface area contributed by atoms with Gasteiger partial charge in [-0.3, -0.25) is 0 Å². The van der Waals surface area contributed by atoms with E-state index < -0.39 is 18.9 Å². The Bertz CT molecular complexity index is 166. The van der Waals surface area contributed by atoms with E-state index in [2.05, 4.69) is 57.7 Å².